The highest BCUT2D eigenvalue weighted by Gasteiger charge is 2.31. The summed E-state index contributed by atoms with van der Waals surface area (Å²) in [5, 5.41) is 7.29. The lowest BCUT2D eigenvalue weighted by atomic mass is 9.84. The lowest BCUT2D eigenvalue weighted by molar-refractivity contribution is 0.0912. The third kappa shape index (κ3) is 4.14. The lowest BCUT2D eigenvalue weighted by Crippen LogP contribution is -2.45. The van der Waals surface area contributed by atoms with Crippen molar-refractivity contribution < 1.29 is 9.18 Å². The standard InChI is InChI=1S/C25H20FN3O2/c1-25(18-8-4-2-5-9-18,19-10-6-3-7-11-19)27-24(31)22-16-17-23(30)29(28-22)21-14-12-20(26)13-15-21/h2-17H,1H3,(H,27,31). The van der Waals surface area contributed by atoms with Gasteiger partial charge in [-0.2, -0.15) is 9.78 Å². The van der Waals surface area contributed by atoms with E-state index in [0.29, 0.717) is 5.69 Å². The molecule has 6 heteroatoms. The Morgan fingerprint density at radius 2 is 1.39 bits per heavy atom. The molecule has 31 heavy (non-hydrogen) atoms. The van der Waals surface area contributed by atoms with Gasteiger partial charge in [-0.05, 0) is 48.4 Å². The minimum absolute atomic E-state index is 0.0713. The number of hydrogen-bond donors (Lipinski definition) is 1. The Morgan fingerprint density at radius 1 is 0.839 bits per heavy atom. The molecule has 0 bridgehead atoms. The predicted molar refractivity (Wildman–Crippen MR) is 117 cm³/mol. The van der Waals surface area contributed by atoms with Crippen LogP contribution in [0.1, 0.15) is 28.5 Å². The minimum atomic E-state index is -0.821. The van der Waals surface area contributed by atoms with Crippen molar-refractivity contribution in [1.29, 1.82) is 0 Å². The molecule has 0 aliphatic heterocycles. The zero-order chi connectivity index (χ0) is 21.8. The smallest absolute Gasteiger partial charge is 0.272 e. The van der Waals surface area contributed by atoms with Crippen molar-refractivity contribution in [2.24, 2.45) is 0 Å². The summed E-state index contributed by atoms with van der Waals surface area (Å²) >= 11 is 0. The van der Waals surface area contributed by atoms with Gasteiger partial charge in [-0.1, -0.05) is 60.7 Å². The maximum Gasteiger partial charge on any atom is 0.272 e. The highest BCUT2D eigenvalue weighted by molar-refractivity contribution is 5.93. The van der Waals surface area contributed by atoms with E-state index in [2.05, 4.69) is 10.4 Å². The number of hydrogen-bond acceptors (Lipinski definition) is 3. The Kier molecular flexibility index (Phi) is 5.45. The van der Waals surface area contributed by atoms with Crippen molar-refractivity contribution in [2.75, 3.05) is 0 Å². The zero-order valence-electron chi connectivity index (χ0n) is 16.8. The van der Waals surface area contributed by atoms with Crippen molar-refractivity contribution in [3.63, 3.8) is 0 Å². The van der Waals surface area contributed by atoms with Gasteiger partial charge in [0.1, 0.15) is 11.5 Å². The van der Waals surface area contributed by atoms with E-state index in [1.807, 2.05) is 67.6 Å². The predicted octanol–water partition coefficient (Wildman–Crippen LogP) is 4.07. The maximum atomic E-state index is 13.2. The molecule has 0 saturated carbocycles. The maximum absolute atomic E-state index is 13.2. The fourth-order valence-corrected chi connectivity index (χ4v) is 3.44. The Morgan fingerprint density at radius 3 is 1.94 bits per heavy atom. The van der Waals surface area contributed by atoms with Gasteiger partial charge in [0.05, 0.1) is 11.2 Å². The van der Waals surface area contributed by atoms with E-state index in [-0.39, 0.29) is 5.69 Å². The van der Waals surface area contributed by atoms with Gasteiger partial charge in [-0.3, -0.25) is 9.59 Å². The molecule has 1 aromatic heterocycles. The van der Waals surface area contributed by atoms with Crippen LogP contribution in [0.2, 0.25) is 0 Å². The fraction of sp³-hybridized carbons (Fsp3) is 0.0800. The number of carbonyl (C=O) groups is 1. The molecular weight excluding hydrogens is 393 g/mol. The first-order valence-electron chi connectivity index (χ1n) is 9.77. The van der Waals surface area contributed by atoms with Gasteiger partial charge in [0.25, 0.3) is 11.5 Å². The number of nitrogens with zero attached hydrogens (tertiary/aromatic N) is 2. The van der Waals surface area contributed by atoms with Gasteiger partial charge in [-0.25, -0.2) is 4.39 Å². The van der Waals surface area contributed by atoms with Crippen LogP contribution in [-0.4, -0.2) is 15.7 Å². The second kappa shape index (κ2) is 8.36. The summed E-state index contributed by atoms with van der Waals surface area (Å²) in [7, 11) is 0. The molecule has 0 aliphatic carbocycles. The third-order valence-corrected chi connectivity index (χ3v) is 5.17. The summed E-state index contributed by atoms with van der Waals surface area (Å²) in [5.74, 6) is -0.863. The molecule has 0 spiro atoms. The molecule has 3 aromatic carbocycles. The summed E-state index contributed by atoms with van der Waals surface area (Å²) in [6.07, 6.45) is 0. The summed E-state index contributed by atoms with van der Waals surface area (Å²) in [4.78, 5) is 25.5. The van der Waals surface area contributed by atoms with E-state index in [0.717, 1.165) is 15.8 Å². The second-order valence-electron chi connectivity index (χ2n) is 7.26. The average molecular weight is 413 g/mol. The zero-order valence-corrected chi connectivity index (χ0v) is 16.8. The first-order chi connectivity index (χ1) is 15.0. The number of amides is 1. The highest BCUT2D eigenvalue weighted by atomic mass is 19.1. The normalized spacial score (nSPS) is 11.2. The van der Waals surface area contributed by atoms with Crippen molar-refractivity contribution in [3.05, 3.63) is 130 Å². The first-order valence-corrected chi connectivity index (χ1v) is 9.77. The molecule has 0 saturated heterocycles. The summed E-state index contributed by atoms with van der Waals surface area (Å²) < 4.78 is 14.3. The van der Waals surface area contributed by atoms with Crippen molar-refractivity contribution >= 4 is 5.91 Å². The molecule has 154 valence electrons. The van der Waals surface area contributed by atoms with E-state index in [1.165, 1.54) is 36.4 Å². The molecule has 4 aromatic rings. The minimum Gasteiger partial charge on any atom is -0.337 e. The van der Waals surface area contributed by atoms with Crippen LogP contribution in [-0.2, 0) is 5.54 Å². The molecule has 0 atom stereocenters. The fourth-order valence-electron chi connectivity index (χ4n) is 3.44. The molecule has 0 unspecified atom stereocenters. The van der Waals surface area contributed by atoms with Gasteiger partial charge >= 0.3 is 0 Å². The molecule has 5 nitrogen and oxygen atoms in total. The van der Waals surface area contributed by atoms with Crippen LogP contribution in [0.3, 0.4) is 0 Å². The molecule has 4 rings (SSSR count). The van der Waals surface area contributed by atoms with Crippen LogP contribution in [0, 0.1) is 5.82 Å². The van der Waals surface area contributed by atoms with Crippen LogP contribution in [0.25, 0.3) is 5.69 Å². The van der Waals surface area contributed by atoms with Crippen molar-refractivity contribution in [2.45, 2.75) is 12.5 Å². The van der Waals surface area contributed by atoms with Gasteiger partial charge in [0, 0.05) is 6.07 Å². The molecule has 0 fully saturated rings. The number of nitrogens with one attached hydrogen (secondary N) is 1. The summed E-state index contributed by atoms with van der Waals surface area (Å²) in [6.45, 7) is 1.92. The second-order valence-corrected chi connectivity index (χ2v) is 7.26. The Balaban J connectivity index is 1.73. The van der Waals surface area contributed by atoms with E-state index in [4.69, 9.17) is 0 Å². The van der Waals surface area contributed by atoms with Crippen molar-refractivity contribution in [1.82, 2.24) is 15.1 Å². The molecular formula is C25H20FN3O2. The van der Waals surface area contributed by atoms with E-state index in [9.17, 15) is 14.0 Å². The third-order valence-electron chi connectivity index (χ3n) is 5.17. The van der Waals surface area contributed by atoms with Crippen LogP contribution in [0.15, 0.2) is 102 Å². The van der Waals surface area contributed by atoms with Gasteiger partial charge in [-0.15, -0.1) is 0 Å². The summed E-state index contributed by atoms with van der Waals surface area (Å²) in [5.41, 5.74) is 1.01. The number of halogens is 1. The van der Waals surface area contributed by atoms with Crippen LogP contribution < -0.4 is 10.9 Å². The first kappa shape index (κ1) is 20.2. The lowest BCUT2D eigenvalue weighted by Gasteiger charge is -2.32. The van der Waals surface area contributed by atoms with Crippen LogP contribution in [0.5, 0.6) is 0 Å². The number of rotatable bonds is 5. The Labute approximate surface area is 178 Å². The molecule has 1 N–H and O–H groups in total. The molecule has 0 aliphatic rings. The monoisotopic (exact) mass is 413 g/mol. The Hall–Kier alpha value is -4.06. The SMILES string of the molecule is CC(NC(=O)c1ccc(=O)n(-c2ccc(F)cc2)n1)(c1ccccc1)c1ccccc1. The molecule has 1 amide bonds. The van der Waals surface area contributed by atoms with Crippen LogP contribution >= 0.6 is 0 Å². The van der Waals surface area contributed by atoms with E-state index >= 15 is 0 Å². The Bertz CT molecular complexity index is 1210. The van der Waals surface area contributed by atoms with Gasteiger partial charge < -0.3 is 5.32 Å². The number of benzene rings is 3. The van der Waals surface area contributed by atoms with E-state index < -0.39 is 22.8 Å². The number of aromatic nitrogens is 2. The molecule has 1 heterocycles. The average Bonchev–Trinajstić information content (AvgIpc) is 2.81. The quantitative estimate of drug-likeness (QED) is 0.537. The van der Waals surface area contributed by atoms with Gasteiger partial charge in [0.15, 0.2) is 0 Å². The van der Waals surface area contributed by atoms with Crippen molar-refractivity contribution in [3.8, 4) is 5.69 Å². The topological polar surface area (TPSA) is 64.0 Å². The summed E-state index contributed by atoms with van der Waals surface area (Å²) in [6, 6.07) is 27.2. The van der Waals surface area contributed by atoms with E-state index in [1.54, 1.807) is 0 Å². The largest absolute Gasteiger partial charge is 0.337 e. The van der Waals surface area contributed by atoms with Gasteiger partial charge in [0.2, 0.25) is 0 Å². The molecule has 0 radical (unpaired) electrons. The highest BCUT2D eigenvalue weighted by Crippen LogP contribution is 2.29. The van der Waals surface area contributed by atoms with Crippen LogP contribution in [0.4, 0.5) is 4.39 Å². The number of carbonyl (C=O) groups excluding carboxylic acids is 1.